The highest BCUT2D eigenvalue weighted by Crippen LogP contribution is 2.40. The normalized spacial score (nSPS) is 22.6. The minimum absolute atomic E-state index is 0.0596. The average molecular weight is 587 g/mol. The Hall–Kier alpha value is -1.99. The van der Waals surface area contributed by atoms with E-state index in [-0.39, 0.29) is 17.8 Å². The van der Waals surface area contributed by atoms with Crippen molar-refractivity contribution in [3.63, 3.8) is 0 Å². The molecule has 4 rings (SSSR count). The van der Waals surface area contributed by atoms with E-state index in [9.17, 15) is 9.90 Å². The number of likely N-dealkylation sites (tertiary alicyclic amines) is 1. The lowest BCUT2D eigenvalue weighted by Crippen LogP contribution is -2.34. The zero-order valence-corrected chi connectivity index (χ0v) is 26.2. The maximum Gasteiger partial charge on any atom is 0.325 e. The predicted octanol–water partition coefficient (Wildman–Crippen LogP) is 7.81. The molecule has 2 aromatic carbocycles. The molecule has 2 fully saturated rings. The molecule has 2 aliphatic rings. The number of carbonyl (C=O) groups is 1. The number of hydrogen-bond acceptors (Lipinski definition) is 4. The number of aliphatic carboxylic acids is 1. The number of carboxylic acid groups (broad SMARTS) is 1. The Kier molecular flexibility index (Phi) is 10.9. The molecule has 2 aromatic rings. The van der Waals surface area contributed by atoms with Crippen LogP contribution in [0, 0.1) is 18.2 Å². The van der Waals surface area contributed by atoms with Crippen LogP contribution in [0.25, 0.3) is 0 Å². The van der Waals surface area contributed by atoms with E-state index in [4.69, 9.17) is 16.3 Å². The van der Waals surface area contributed by atoms with E-state index in [0.717, 1.165) is 69.3 Å². The summed E-state index contributed by atoms with van der Waals surface area (Å²) in [5.41, 5.74) is 4.14. The first-order valence-corrected chi connectivity index (χ1v) is 15.6. The fourth-order valence-corrected chi connectivity index (χ4v) is 7.35. The van der Waals surface area contributed by atoms with Crippen LogP contribution in [0.4, 0.5) is 4.39 Å². The zero-order valence-electron chi connectivity index (χ0n) is 25.5. The van der Waals surface area contributed by atoms with Crippen LogP contribution in [0.1, 0.15) is 98.9 Å². The van der Waals surface area contributed by atoms with Crippen LogP contribution in [-0.2, 0) is 9.53 Å². The molecular formula is C34H48ClFN2O3. The topological polar surface area (TPSA) is 53.0 Å². The SMILES string of the molecule is COC1CCC(c2c(C)cccc2C(C(=O)O)N(C)CC[C@H](CCN2CCC(C)(C)C2)c2cc(Cl)ccc2F)CC1. The van der Waals surface area contributed by atoms with Crippen molar-refractivity contribution in [2.75, 3.05) is 40.3 Å². The summed E-state index contributed by atoms with van der Waals surface area (Å²) in [7, 11) is 3.66. The highest BCUT2D eigenvalue weighted by atomic mass is 35.5. The summed E-state index contributed by atoms with van der Waals surface area (Å²) in [5, 5.41) is 11.0. The number of aryl methyl sites for hydroxylation is 1. The summed E-state index contributed by atoms with van der Waals surface area (Å²) >= 11 is 6.31. The molecule has 1 heterocycles. The van der Waals surface area contributed by atoms with E-state index in [2.05, 4.69) is 31.7 Å². The van der Waals surface area contributed by atoms with Gasteiger partial charge in [0.15, 0.2) is 0 Å². The molecule has 0 radical (unpaired) electrons. The van der Waals surface area contributed by atoms with Crippen molar-refractivity contribution in [3.8, 4) is 0 Å². The van der Waals surface area contributed by atoms with Crippen molar-refractivity contribution >= 4 is 17.6 Å². The summed E-state index contributed by atoms with van der Waals surface area (Å²) in [5.74, 6) is -0.831. The number of hydrogen-bond donors (Lipinski definition) is 1. The van der Waals surface area contributed by atoms with Crippen molar-refractivity contribution in [1.82, 2.24) is 9.80 Å². The van der Waals surface area contributed by atoms with Gasteiger partial charge in [-0.15, -0.1) is 0 Å². The predicted molar refractivity (Wildman–Crippen MR) is 164 cm³/mol. The van der Waals surface area contributed by atoms with Crippen LogP contribution in [0.3, 0.4) is 0 Å². The summed E-state index contributed by atoms with van der Waals surface area (Å²) in [6, 6.07) is 10.1. The molecule has 5 nitrogen and oxygen atoms in total. The Labute approximate surface area is 251 Å². The van der Waals surface area contributed by atoms with Gasteiger partial charge in [0.1, 0.15) is 11.9 Å². The van der Waals surface area contributed by atoms with Crippen LogP contribution in [0.2, 0.25) is 5.02 Å². The summed E-state index contributed by atoms with van der Waals surface area (Å²) in [4.78, 5) is 17.2. The molecule has 0 bridgehead atoms. The Morgan fingerprint density at radius 2 is 1.90 bits per heavy atom. The maximum absolute atomic E-state index is 15.1. The number of benzene rings is 2. The maximum atomic E-state index is 15.1. The third kappa shape index (κ3) is 8.10. The van der Waals surface area contributed by atoms with Gasteiger partial charge in [0.05, 0.1) is 6.10 Å². The lowest BCUT2D eigenvalue weighted by atomic mass is 9.77. The highest BCUT2D eigenvalue weighted by Gasteiger charge is 2.33. The second-order valence-corrected chi connectivity index (χ2v) is 13.6. The zero-order chi connectivity index (χ0) is 29.7. The Balaban J connectivity index is 1.53. The molecule has 1 aliphatic heterocycles. The lowest BCUT2D eigenvalue weighted by Gasteiger charge is -2.34. The standard InChI is InChI=1S/C34H48ClFN2O3/c1-23-7-6-8-28(31(23)25-9-12-27(41-5)13-10-25)32(33(39)40)37(4)18-15-24(29-21-26(35)11-14-30(29)36)16-19-38-20-17-34(2,3)22-38/h6-8,11,14,21,24-25,27,32H,9-10,12-13,15-20,22H2,1-5H3,(H,39,40)/t24-,25?,27?,32?/m1/s1. The quantitative estimate of drug-likeness (QED) is 0.275. The van der Waals surface area contributed by atoms with E-state index in [1.54, 1.807) is 19.2 Å². The number of nitrogens with zero attached hydrogens (tertiary/aromatic N) is 2. The Morgan fingerprint density at radius 1 is 1.17 bits per heavy atom. The molecule has 7 heteroatoms. The van der Waals surface area contributed by atoms with Crippen molar-refractivity contribution in [1.29, 1.82) is 0 Å². The monoisotopic (exact) mass is 586 g/mol. The van der Waals surface area contributed by atoms with Gasteiger partial charge in [0.25, 0.3) is 0 Å². The molecule has 41 heavy (non-hydrogen) atoms. The Bertz CT molecular complexity index is 1180. The van der Waals surface area contributed by atoms with Crippen LogP contribution in [0.15, 0.2) is 36.4 Å². The smallest absolute Gasteiger partial charge is 0.325 e. The molecular weight excluding hydrogens is 539 g/mol. The number of carboxylic acids is 1. The second-order valence-electron chi connectivity index (χ2n) is 13.1. The van der Waals surface area contributed by atoms with E-state index in [1.165, 1.54) is 11.6 Å². The van der Waals surface area contributed by atoms with Crippen molar-refractivity contribution < 1.29 is 19.0 Å². The molecule has 1 N–H and O–H groups in total. The van der Waals surface area contributed by atoms with Gasteiger partial charge in [0.2, 0.25) is 0 Å². The van der Waals surface area contributed by atoms with Crippen LogP contribution in [-0.4, -0.2) is 67.3 Å². The van der Waals surface area contributed by atoms with Gasteiger partial charge in [-0.25, -0.2) is 4.39 Å². The fraction of sp³-hybridized carbons (Fsp3) is 0.618. The molecule has 2 atom stereocenters. The first-order chi connectivity index (χ1) is 19.5. The lowest BCUT2D eigenvalue weighted by molar-refractivity contribution is -0.143. The minimum atomic E-state index is -0.852. The van der Waals surface area contributed by atoms with Gasteiger partial charge < -0.3 is 14.7 Å². The Morgan fingerprint density at radius 3 is 2.54 bits per heavy atom. The van der Waals surface area contributed by atoms with Crippen molar-refractivity contribution in [2.45, 2.75) is 89.7 Å². The first-order valence-electron chi connectivity index (χ1n) is 15.2. The molecule has 0 amide bonds. The number of ether oxygens (including phenoxy) is 1. The van der Waals surface area contributed by atoms with E-state index in [1.807, 2.05) is 24.1 Å². The molecule has 1 unspecified atom stereocenters. The van der Waals surface area contributed by atoms with Gasteiger partial charge in [0, 0.05) is 18.7 Å². The number of methoxy groups -OCH3 is 1. The largest absolute Gasteiger partial charge is 0.480 e. The van der Waals surface area contributed by atoms with Crippen LogP contribution in [0.5, 0.6) is 0 Å². The van der Waals surface area contributed by atoms with Crippen LogP contribution >= 0.6 is 11.6 Å². The average Bonchev–Trinajstić information content (AvgIpc) is 3.28. The fourth-order valence-electron chi connectivity index (χ4n) is 7.17. The number of likely N-dealkylation sites (N-methyl/N-ethyl adjacent to an activating group) is 1. The van der Waals surface area contributed by atoms with E-state index < -0.39 is 12.0 Å². The molecule has 0 spiro atoms. The third-order valence-electron chi connectivity index (χ3n) is 9.52. The van der Waals surface area contributed by atoms with Crippen LogP contribution < -0.4 is 0 Å². The second kappa shape index (κ2) is 14.0. The van der Waals surface area contributed by atoms with Gasteiger partial charge in [-0.3, -0.25) is 9.69 Å². The van der Waals surface area contributed by atoms with E-state index in [0.29, 0.717) is 34.9 Å². The number of rotatable bonds is 12. The van der Waals surface area contributed by atoms with Crippen molar-refractivity contribution in [3.05, 3.63) is 69.5 Å². The molecule has 1 aliphatic carbocycles. The van der Waals surface area contributed by atoms with Gasteiger partial charge in [-0.2, -0.15) is 0 Å². The first kappa shape index (κ1) is 31.9. The van der Waals surface area contributed by atoms with Gasteiger partial charge >= 0.3 is 5.97 Å². The molecule has 0 aromatic heterocycles. The molecule has 1 saturated carbocycles. The van der Waals surface area contributed by atoms with Gasteiger partial charge in [-0.1, -0.05) is 43.6 Å². The van der Waals surface area contributed by atoms with E-state index >= 15 is 4.39 Å². The van der Waals surface area contributed by atoms with Crippen molar-refractivity contribution in [2.24, 2.45) is 5.41 Å². The summed E-state index contributed by atoms with van der Waals surface area (Å²) in [6.07, 6.45) is 6.87. The molecule has 226 valence electrons. The minimum Gasteiger partial charge on any atom is -0.480 e. The molecule has 1 saturated heterocycles. The highest BCUT2D eigenvalue weighted by molar-refractivity contribution is 6.30. The number of halogens is 2. The van der Waals surface area contributed by atoms with Gasteiger partial charge in [-0.05, 0) is 136 Å². The third-order valence-corrected chi connectivity index (χ3v) is 9.76. The summed E-state index contributed by atoms with van der Waals surface area (Å²) < 4.78 is 20.7. The summed E-state index contributed by atoms with van der Waals surface area (Å²) in [6.45, 7) is 10.2.